The second kappa shape index (κ2) is 5.89. The molecule has 0 aliphatic carbocycles. The molecule has 0 aromatic carbocycles. The van der Waals surface area contributed by atoms with Crippen molar-refractivity contribution in [2.45, 2.75) is 26.5 Å². The van der Waals surface area contributed by atoms with Gasteiger partial charge in [0.2, 0.25) is 11.9 Å². The molecule has 2 aromatic rings. The maximum Gasteiger partial charge on any atom is 0.323 e. The Balaban J connectivity index is 2.05. The molecule has 0 spiro atoms. The van der Waals surface area contributed by atoms with E-state index in [1.165, 1.54) is 6.33 Å². The van der Waals surface area contributed by atoms with Crippen LogP contribution in [0, 0.1) is 0 Å². The summed E-state index contributed by atoms with van der Waals surface area (Å²) in [5.41, 5.74) is 6.42. The molecular formula is C11H15N7O. The van der Waals surface area contributed by atoms with Crippen molar-refractivity contribution in [2.24, 2.45) is 0 Å². The Bertz CT molecular complexity index is 532. The van der Waals surface area contributed by atoms with E-state index in [-0.39, 0.29) is 18.1 Å². The fraction of sp³-hybridized carbons (Fsp3) is 0.364. The predicted molar refractivity (Wildman–Crippen MR) is 69.4 cm³/mol. The second-order valence-corrected chi connectivity index (χ2v) is 4.02. The van der Waals surface area contributed by atoms with Gasteiger partial charge in [-0.2, -0.15) is 15.0 Å². The quantitative estimate of drug-likeness (QED) is 0.806. The van der Waals surface area contributed by atoms with Crippen molar-refractivity contribution in [1.82, 2.24) is 24.9 Å². The molecule has 0 fully saturated rings. The third-order valence-corrected chi connectivity index (χ3v) is 2.04. The molecule has 0 radical (unpaired) electrons. The van der Waals surface area contributed by atoms with Gasteiger partial charge in [0, 0.05) is 6.20 Å². The normalized spacial score (nSPS) is 10.5. The average Bonchev–Trinajstić information content (AvgIpc) is 2.36. The molecule has 0 atom stereocenters. The first-order chi connectivity index (χ1) is 9.13. The fourth-order valence-corrected chi connectivity index (χ4v) is 1.31. The van der Waals surface area contributed by atoms with Crippen LogP contribution >= 0.6 is 0 Å². The van der Waals surface area contributed by atoms with Gasteiger partial charge in [-0.1, -0.05) is 0 Å². The lowest BCUT2D eigenvalue weighted by atomic mass is 10.4. The third-order valence-electron chi connectivity index (χ3n) is 2.04. The van der Waals surface area contributed by atoms with E-state index < -0.39 is 0 Å². The summed E-state index contributed by atoms with van der Waals surface area (Å²) < 4.78 is 5.38. The first-order valence-corrected chi connectivity index (χ1v) is 5.80. The topological polar surface area (TPSA) is 112 Å². The van der Waals surface area contributed by atoms with E-state index in [4.69, 9.17) is 10.5 Å². The fourth-order valence-electron chi connectivity index (χ4n) is 1.31. The van der Waals surface area contributed by atoms with Gasteiger partial charge >= 0.3 is 6.01 Å². The maximum atomic E-state index is 5.60. The highest BCUT2D eigenvalue weighted by Crippen LogP contribution is 2.11. The summed E-state index contributed by atoms with van der Waals surface area (Å²) in [4.78, 5) is 19.9. The van der Waals surface area contributed by atoms with Crippen LogP contribution in [0.4, 0.5) is 11.9 Å². The minimum Gasteiger partial charge on any atom is -0.461 e. The van der Waals surface area contributed by atoms with Crippen LogP contribution < -0.4 is 15.8 Å². The molecule has 8 nitrogen and oxygen atoms in total. The van der Waals surface area contributed by atoms with Gasteiger partial charge in [0.25, 0.3) is 0 Å². The number of nitrogens with one attached hydrogen (secondary N) is 1. The number of anilines is 2. The van der Waals surface area contributed by atoms with Gasteiger partial charge in [0.05, 0.1) is 18.3 Å². The van der Waals surface area contributed by atoms with E-state index in [2.05, 4.69) is 30.2 Å². The lowest BCUT2D eigenvalue weighted by molar-refractivity contribution is 0.222. The first-order valence-electron chi connectivity index (χ1n) is 5.80. The maximum absolute atomic E-state index is 5.60. The number of nitrogens with two attached hydrogens (primary N) is 1. The Kier molecular flexibility index (Phi) is 4.01. The number of nitrogen functional groups attached to an aromatic ring is 1. The molecule has 0 amide bonds. The van der Waals surface area contributed by atoms with Gasteiger partial charge in [0.15, 0.2) is 0 Å². The molecule has 0 aliphatic heterocycles. The van der Waals surface area contributed by atoms with Crippen molar-refractivity contribution in [3.05, 3.63) is 24.3 Å². The monoisotopic (exact) mass is 261 g/mol. The van der Waals surface area contributed by atoms with Crippen molar-refractivity contribution >= 4 is 11.9 Å². The summed E-state index contributed by atoms with van der Waals surface area (Å²) in [6.07, 6.45) is 3.11. The van der Waals surface area contributed by atoms with Crippen molar-refractivity contribution in [3.63, 3.8) is 0 Å². The zero-order valence-electron chi connectivity index (χ0n) is 10.7. The smallest absolute Gasteiger partial charge is 0.323 e. The molecule has 8 heteroatoms. The van der Waals surface area contributed by atoms with E-state index in [0.29, 0.717) is 12.5 Å². The van der Waals surface area contributed by atoms with Crippen molar-refractivity contribution in [3.8, 4) is 6.01 Å². The molecule has 0 saturated heterocycles. The Morgan fingerprint density at radius 2 is 2.16 bits per heavy atom. The van der Waals surface area contributed by atoms with E-state index in [1.54, 1.807) is 12.3 Å². The summed E-state index contributed by atoms with van der Waals surface area (Å²) in [5, 5.41) is 3.00. The van der Waals surface area contributed by atoms with Crippen LogP contribution in [0.5, 0.6) is 6.01 Å². The van der Waals surface area contributed by atoms with Gasteiger partial charge < -0.3 is 15.8 Å². The number of aromatic nitrogens is 5. The average molecular weight is 261 g/mol. The van der Waals surface area contributed by atoms with Gasteiger partial charge in [-0.05, 0) is 19.9 Å². The van der Waals surface area contributed by atoms with E-state index in [1.807, 2.05) is 13.8 Å². The lowest BCUT2D eigenvalue weighted by Crippen LogP contribution is -2.13. The van der Waals surface area contributed by atoms with Crippen molar-refractivity contribution in [2.75, 3.05) is 11.1 Å². The molecule has 2 aromatic heterocycles. The molecule has 0 unspecified atom stereocenters. The highest BCUT2D eigenvalue weighted by molar-refractivity contribution is 5.33. The Morgan fingerprint density at radius 3 is 2.84 bits per heavy atom. The molecular weight excluding hydrogens is 246 g/mol. The lowest BCUT2D eigenvalue weighted by Gasteiger charge is -2.09. The summed E-state index contributed by atoms with van der Waals surface area (Å²) >= 11 is 0. The highest BCUT2D eigenvalue weighted by atomic mass is 16.5. The standard InChI is InChI=1S/C11H15N7O/c1-7(2)19-11-17-9(12)16-10(18-11)14-5-8-3-4-13-6-15-8/h3-4,6-7H,5H2,1-2H3,(H3,12,14,16,17,18). The summed E-state index contributed by atoms with van der Waals surface area (Å²) in [6.45, 7) is 4.23. The minimum absolute atomic E-state index is 0.0310. The molecule has 100 valence electrons. The van der Waals surface area contributed by atoms with Crippen molar-refractivity contribution in [1.29, 1.82) is 0 Å². The zero-order chi connectivity index (χ0) is 13.7. The van der Waals surface area contributed by atoms with Crippen LogP contribution in [-0.4, -0.2) is 31.0 Å². The molecule has 0 aliphatic rings. The van der Waals surface area contributed by atoms with Gasteiger partial charge in [-0.25, -0.2) is 9.97 Å². The van der Waals surface area contributed by atoms with Gasteiger partial charge in [-0.15, -0.1) is 0 Å². The van der Waals surface area contributed by atoms with Crippen LogP contribution in [0.1, 0.15) is 19.5 Å². The Hall–Kier alpha value is -2.51. The van der Waals surface area contributed by atoms with Gasteiger partial charge in [-0.3, -0.25) is 0 Å². The SMILES string of the molecule is CC(C)Oc1nc(N)nc(NCc2ccncn2)n1. The summed E-state index contributed by atoms with van der Waals surface area (Å²) in [7, 11) is 0. The summed E-state index contributed by atoms with van der Waals surface area (Å²) in [6, 6.07) is 2.00. The molecule has 0 bridgehead atoms. The van der Waals surface area contributed by atoms with E-state index in [9.17, 15) is 0 Å². The van der Waals surface area contributed by atoms with Crippen LogP contribution in [0.3, 0.4) is 0 Å². The van der Waals surface area contributed by atoms with Crippen LogP contribution in [-0.2, 0) is 6.54 Å². The van der Waals surface area contributed by atoms with Crippen LogP contribution in [0.15, 0.2) is 18.6 Å². The Morgan fingerprint density at radius 1 is 1.32 bits per heavy atom. The number of hydrogen-bond donors (Lipinski definition) is 2. The zero-order valence-corrected chi connectivity index (χ0v) is 10.7. The first kappa shape index (κ1) is 12.9. The van der Waals surface area contributed by atoms with Crippen molar-refractivity contribution < 1.29 is 4.74 Å². The number of rotatable bonds is 5. The second-order valence-electron chi connectivity index (χ2n) is 4.02. The largest absolute Gasteiger partial charge is 0.461 e. The highest BCUT2D eigenvalue weighted by Gasteiger charge is 2.07. The Labute approximate surface area is 110 Å². The summed E-state index contributed by atoms with van der Waals surface area (Å²) in [5.74, 6) is 0.456. The molecule has 19 heavy (non-hydrogen) atoms. The van der Waals surface area contributed by atoms with E-state index in [0.717, 1.165) is 5.69 Å². The molecule has 2 rings (SSSR count). The van der Waals surface area contributed by atoms with Crippen LogP contribution in [0.2, 0.25) is 0 Å². The minimum atomic E-state index is -0.0310. The number of hydrogen-bond acceptors (Lipinski definition) is 8. The van der Waals surface area contributed by atoms with Crippen LogP contribution in [0.25, 0.3) is 0 Å². The number of ether oxygens (including phenoxy) is 1. The molecule has 0 saturated carbocycles. The third kappa shape index (κ3) is 4.02. The molecule has 3 N–H and O–H groups in total. The number of nitrogens with zero attached hydrogens (tertiary/aromatic N) is 5. The molecule has 2 heterocycles. The van der Waals surface area contributed by atoms with Gasteiger partial charge in [0.1, 0.15) is 6.33 Å². The predicted octanol–water partition coefficient (Wildman–Crippen LogP) is 0.643. The van der Waals surface area contributed by atoms with E-state index >= 15 is 0 Å².